The Balaban J connectivity index is 2.16. The molecule has 0 radical (unpaired) electrons. The minimum absolute atomic E-state index is 0.0150. The van der Waals surface area contributed by atoms with E-state index in [1.807, 2.05) is 0 Å². The summed E-state index contributed by atoms with van der Waals surface area (Å²) in [6.07, 6.45) is -1.76. The minimum Gasteiger partial charge on any atom is -0.508 e. The van der Waals surface area contributed by atoms with Crippen LogP contribution in [-0.2, 0) is 5.79 Å². The molecular formula is C15H14O6. The number of phenolic OH excluding ortho intramolecular Hbond substituents is 1. The predicted molar refractivity (Wildman–Crippen MR) is 71.2 cm³/mol. The molecule has 2 unspecified atom stereocenters. The fraction of sp³-hybridized carbons (Fsp3) is 0.200. The summed E-state index contributed by atoms with van der Waals surface area (Å²) in [7, 11) is 0. The number of hydrogen-bond acceptors (Lipinski definition) is 6. The number of benzene rings is 2. The maximum absolute atomic E-state index is 10.6. The highest BCUT2D eigenvalue weighted by atomic mass is 16.7. The molecule has 2 aromatic carbocycles. The van der Waals surface area contributed by atoms with E-state index in [2.05, 4.69) is 0 Å². The molecule has 0 aromatic heterocycles. The van der Waals surface area contributed by atoms with Gasteiger partial charge in [0, 0.05) is 11.1 Å². The molecule has 5 N–H and O–H groups in total. The van der Waals surface area contributed by atoms with Gasteiger partial charge in [-0.25, -0.2) is 0 Å². The Morgan fingerprint density at radius 1 is 0.905 bits per heavy atom. The van der Waals surface area contributed by atoms with Crippen molar-refractivity contribution in [1.29, 1.82) is 0 Å². The van der Waals surface area contributed by atoms with Crippen LogP contribution >= 0.6 is 0 Å². The SMILES string of the molecule is Oc1ccc(C2(O)Oc3ccccc3C(O)C2(O)O)cc1. The molecule has 6 nitrogen and oxygen atoms in total. The van der Waals surface area contributed by atoms with Crippen molar-refractivity contribution in [3.05, 3.63) is 59.7 Å². The summed E-state index contributed by atoms with van der Waals surface area (Å²) in [5.41, 5.74) is 0.143. The first-order chi connectivity index (χ1) is 9.86. The highest BCUT2D eigenvalue weighted by Crippen LogP contribution is 2.48. The van der Waals surface area contributed by atoms with Crippen molar-refractivity contribution in [2.75, 3.05) is 0 Å². The molecule has 0 aliphatic carbocycles. The molecule has 6 heteroatoms. The molecule has 2 aromatic rings. The van der Waals surface area contributed by atoms with Crippen molar-refractivity contribution in [2.24, 2.45) is 0 Å². The Morgan fingerprint density at radius 2 is 1.52 bits per heavy atom. The summed E-state index contributed by atoms with van der Waals surface area (Å²) < 4.78 is 5.34. The smallest absolute Gasteiger partial charge is 0.292 e. The van der Waals surface area contributed by atoms with Gasteiger partial charge in [0.15, 0.2) is 0 Å². The summed E-state index contributed by atoms with van der Waals surface area (Å²) in [5.74, 6) is -5.45. The highest BCUT2D eigenvalue weighted by Gasteiger charge is 2.61. The van der Waals surface area contributed by atoms with Crippen molar-refractivity contribution in [3.63, 3.8) is 0 Å². The molecule has 0 bridgehead atoms. The Hall–Kier alpha value is -2.12. The van der Waals surface area contributed by atoms with Gasteiger partial charge >= 0.3 is 0 Å². The van der Waals surface area contributed by atoms with Crippen LogP contribution in [0.25, 0.3) is 0 Å². The number of aliphatic hydroxyl groups excluding tert-OH is 1. The lowest BCUT2D eigenvalue weighted by Gasteiger charge is -2.45. The van der Waals surface area contributed by atoms with Crippen molar-refractivity contribution in [3.8, 4) is 11.5 Å². The second-order valence-electron chi connectivity index (χ2n) is 4.96. The van der Waals surface area contributed by atoms with E-state index in [-0.39, 0.29) is 22.6 Å². The first-order valence-corrected chi connectivity index (χ1v) is 6.29. The summed E-state index contributed by atoms with van der Waals surface area (Å²) in [5, 5.41) is 50.4. The third-order valence-electron chi connectivity index (χ3n) is 3.61. The zero-order chi connectivity index (χ0) is 15.3. The molecule has 1 aliphatic rings. The zero-order valence-corrected chi connectivity index (χ0v) is 10.8. The minimum atomic E-state index is -2.96. The van der Waals surface area contributed by atoms with E-state index in [1.165, 1.54) is 36.4 Å². The van der Waals surface area contributed by atoms with Gasteiger partial charge in [0.25, 0.3) is 11.6 Å². The van der Waals surface area contributed by atoms with Crippen LogP contribution in [0, 0.1) is 0 Å². The maximum Gasteiger partial charge on any atom is 0.292 e. The molecule has 0 amide bonds. The van der Waals surface area contributed by atoms with Crippen LogP contribution in [0.5, 0.6) is 11.5 Å². The molecule has 0 saturated heterocycles. The number of fused-ring (bicyclic) bond motifs is 1. The van der Waals surface area contributed by atoms with Crippen LogP contribution in [0.4, 0.5) is 0 Å². The van der Waals surface area contributed by atoms with Crippen molar-refractivity contribution >= 4 is 0 Å². The average Bonchev–Trinajstić information content (AvgIpc) is 2.46. The quantitative estimate of drug-likeness (QED) is 0.485. The van der Waals surface area contributed by atoms with Crippen molar-refractivity contribution in [1.82, 2.24) is 0 Å². The summed E-state index contributed by atoms with van der Waals surface area (Å²) in [6, 6.07) is 11.3. The maximum atomic E-state index is 10.6. The van der Waals surface area contributed by atoms with Crippen molar-refractivity contribution < 1.29 is 30.3 Å². The van der Waals surface area contributed by atoms with Gasteiger partial charge < -0.3 is 30.3 Å². The summed E-state index contributed by atoms with van der Waals surface area (Å²) in [4.78, 5) is 0. The number of hydrogen-bond donors (Lipinski definition) is 5. The number of para-hydroxylation sites is 1. The standard InChI is InChI=1S/C15H14O6/c16-10-7-5-9(6-8-10)15(20)14(18,19)13(17)11-3-1-2-4-12(11)21-15/h1-8,13,16-20H. The lowest BCUT2D eigenvalue weighted by Crippen LogP contribution is -2.61. The van der Waals surface area contributed by atoms with E-state index >= 15 is 0 Å². The largest absolute Gasteiger partial charge is 0.508 e. The molecule has 1 heterocycles. The van der Waals surface area contributed by atoms with E-state index in [4.69, 9.17) is 4.74 Å². The molecule has 21 heavy (non-hydrogen) atoms. The van der Waals surface area contributed by atoms with E-state index in [9.17, 15) is 25.5 Å². The van der Waals surface area contributed by atoms with Gasteiger partial charge in [0.2, 0.25) is 0 Å². The van der Waals surface area contributed by atoms with Crippen LogP contribution in [-0.4, -0.2) is 31.3 Å². The number of rotatable bonds is 1. The van der Waals surface area contributed by atoms with Crippen molar-refractivity contribution in [2.45, 2.75) is 17.7 Å². The van der Waals surface area contributed by atoms with Crippen LogP contribution in [0.2, 0.25) is 0 Å². The first-order valence-electron chi connectivity index (χ1n) is 6.29. The number of aromatic hydroxyl groups is 1. The number of phenols is 1. The topological polar surface area (TPSA) is 110 Å². The van der Waals surface area contributed by atoms with Crippen LogP contribution < -0.4 is 4.74 Å². The van der Waals surface area contributed by atoms with E-state index in [0.29, 0.717) is 0 Å². The molecule has 0 saturated carbocycles. The van der Waals surface area contributed by atoms with Gasteiger partial charge in [0.1, 0.15) is 17.6 Å². The van der Waals surface area contributed by atoms with Gasteiger partial charge in [-0.3, -0.25) is 0 Å². The zero-order valence-electron chi connectivity index (χ0n) is 10.8. The first kappa shape index (κ1) is 13.8. The second-order valence-corrected chi connectivity index (χ2v) is 4.96. The molecule has 0 fully saturated rings. The fourth-order valence-corrected chi connectivity index (χ4v) is 2.39. The van der Waals surface area contributed by atoms with E-state index in [1.54, 1.807) is 12.1 Å². The van der Waals surface area contributed by atoms with Crippen LogP contribution in [0.3, 0.4) is 0 Å². The second kappa shape index (κ2) is 4.44. The third kappa shape index (κ3) is 1.89. The van der Waals surface area contributed by atoms with Gasteiger partial charge in [-0.2, -0.15) is 0 Å². The third-order valence-corrected chi connectivity index (χ3v) is 3.61. The van der Waals surface area contributed by atoms with E-state index < -0.39 is 17.7 Å². The Labute approximate surface area is 120 Å². The molecule has 3 rings (SSSR count). The van der Waals surface area contributed by atoms with Gasteiger partial charge in [0.05, 0.1) is 0 Å². The lowest BCUT2D eigenvalue weighted by molar-refractivity contribution is -0.393. The average molecular weight is 290 g/mol. The van der Waals surface area contributed by atoms with Gasteiger partial charge in [-0.05, 0) is 30.3 Å². The lowest BCUT2D eigenvalue weighted by atomic mass is 9.86. The molecule has 110 valence electrons. The molecule has 2 atom stereocenters. The fourth-order valence-electron chi connectivity index (χ4n) is 2.39. The highest BCUT2D eigenvalue weighted by molar-refractivity contribution is 5.42. The molecule has 0 spiro atoms. The number of ether oxygens (including phenoxy) is 1. The summed E-state index contributed by atoms with van der Waals surface area (Å²) in [6.45, 7) is 0. The Bertz CT molecular complexity index is 666. The Kier molecular flexibility index (Phi) is 2.93. The summed E-state index contributed by atoms with van der Waals surface area (Å²) >= 11 is 0. The monoisotopic (exact) mass is 290 g/mol. The number of aliphatic hydroxyl groups is 4. The Morgan fingerprint density at radius 3 is 2.19 bits per heavy atom. The molecule has 1 aliphatic heterocycles. The van der Waals surface area contributed by atoms with Gasteiger partial charge in [-0.15, -0.1) is 0 Å². The van der Waals surface area contributed by atoms with Crippen LogP contribution in [0.1, 0.15) is 17.2 Å². The van der Waals surface area contributed by atoms with E-state index in [0.717, 1.165) is 0 Å². The molecular weight excluding hydrogens is 276 g/mol. The predicted octanol–water partition coefficient (Wildman–Crippen LogP) is 0.344. The van der Waals surface area contributed by atoms with Gasteiger partial charge in [-0.1, -0.05) is 18.2 Å². The normalized spacial score (nSPS) is 26.8. The van der Waals surface area contributed by atoms with Crippen LogP contribution in [0.15, 0.2) is 48.5 Å².